The molecule has 0 spiro atoms. The molecule has 0 saturated carbocycles. The minimum Gasteiger partial charge on any atom is -0.373 e. The van der Waals surface area contributed by atoms with Crippen LogP contribution in [0.15, 0.2) is 40.9 Å². The van der Waals surface area contributed by atoms with Crippen molar-refractivity contribution >= 4 is 50.5 Å². The van der Waals surface area contributed by atoms with Gasteiger partial charge in [-0.15, -0.1) is 0 Å². The summed E-state index contributed by atoms with van der Waals surface area (Å²) in [4.78, 5) is 10.6. The summed E-state index contributed by atoms with van der Waals surface area (Å²) in [5.41, 5.74) is 1.22. The first-order valence-corrected chi connectivity index (χ1v) is 7.59. The van der Waals surface area contributed by atoms with E-state index in [1.165, 1.54) is 12.1 Å². The molecule has 0 saturated heterocycles. The first-order valence-electron chi connectivity index (χ1n) is 6.04. The quantitative estimate of drug-likeness (QED) is 0.528. The zero-order valence-corrected chi connectivity index (χ0v) is 14.0. The van der Waals surface area contributed by atoms with Gasteiger partial charge in [-0.2, -0.15) is 0 Å². The Morgan fingerprint density at radius 1 is 1.24 bits per heavy atom. The van der Waals surface area contributed by atoms with Crippen LogP contribution in [0.3, 0.4) is 0 Å². The lowest BCUT2D eigenvalue weighted by molar-refractivity contribution is -0.384. The molecule has 1 atom stereocenters. The van der Waals surface area contributed by atoms with Crippen LogP contribution in [0.25, 0.3) is 0 Å². The average molecular weight is 390 g/mol. The number of nitrogens with zero attached hydrogens (tertiary/aromatic N) is 1. The highest BCUT2D eigenvalue weighted by molar-refractivity contribution is 9.10. The van der Waals surface area contributed by atoms with Crippen molar-refractivity contribution in [2.24, 2.45) is 0 Å². The smallest absolute Gasteiger partial charge is 0.293 e. The van der Waals surface area contributed by atoms with Gasteiger partial charge in [-0.3, -0.25) is 10.1 Å². The molecule has 110 valence electrons. The number of rotatable bonds is 4. The normalized spacial score (nSPS) is 12.0. The second kappa shape index (κ2) is 6.64. The first-order chi connectivity index (χ1) is 9.88. The monoisotopic (exact) mass is 388 g/mol. The van der Waals surface area contributed by atoms with E-state index < -0.39 is 4.92 Å². The number of anilines is 1. The van der Waals surface area contributed by atoms with Gasteiger partial charge in [0, 0.05) is 16.6 Å². The van der Waals surface area contributed by atoms with Gasteiger partial charge in [-0.05, 0) is 30.7 Å². The minimum absolute atomic E-state index is 0.105. The summed E-state index contributed by atoms with van der Waals surface area (Å²) in [6, 6.07) is 10.3. The standard InChI is InChI=1S/C14H11BrCl2N2O2/c1-8(9-3-2-4-10(15)5-9)18-13-6-11(16)12(17)7-14(13)19(20)21/h2-8,18H,1H3. The van der Waals surface area contributed by atoms with Crippen LogP contribution in [0.4, 0.5) is 11.4 Å². The summed E-state index contributed by atoms with van der Waals surface area (Å²) in [6.45, 7) is 1.91. The maximum atomic E-state index is 11.1. The number of nitro groups is 1. The van der Waals surface area contributed by atoms with E-state index in [1.54, 1.807) is 0 Å². The molecule has 0 amide bonds. The van der Waals surface area contributed by atoms with Crippen molar-refractivity contribution in [2.75, 3.05) is 5.32 Å². The third-order valence-electron chi connectivity index (χ3n) is 2.96. The van der Waals surface area contributed by atoms with Gasteiger partial charge in [-0.25, -0.2) is 0 Å². The second-order valence-electron chi connectivity index (χ2n) is 4.46. The molecule has 0 bridgehead atoms. The van der Waals surface area contributed by atoms with Crippen LogP contribution in [0.1, 0.15) is 18.5 Å². The Morgan fingerprint density at radius 3 is 2.52 bits per heavy atom. The fourth-order valence-electron chi connectivity index (χ4n) is 1.90. The van der Waals surface area contributed by atoms with Gasteiger partial charge in [0.15, 0.2) is 0 Å². The van der Waals surface area contributed by atoms with Crippen LogP contribution in [0.2, 0.25) is 10.0 Å². The Hall–Kier alpha value is -1.30. The van der Waals surface area contributed by atoms with Gasteiger partial charge in [0.2, 0.25) is 0 Å². The second-order valence-corrected chi connectivity index (χ2v) is 6.19. The summed E-state index contributed by atoms with van der Waals surface area (Å²) in [5.74, 6) is 0. The zero-order valence-electron chi connectivity index (χ0n) is 10.9. The summed E-state index contributed by atoms with van der Waals surface area (Å²) < 4.78 is 0.942. The highest BCUT2D eigenvalue weighted by atomic mass is 79.9. The molecule has 0 aliphatic carbocycles. The Balaban J connectivity index is 2.34. The first kappa shape index (κ1) is 16.1. The van der Waals surface area contributed by atoms with Crippen LogP contribution < -0.4 is 5.32 Å². The summed E-state index contributed by atoms with van der Waals surface area (Å²) >= 11 is 15.2. The molecule has 2 aromatic rings. The predicted octanol–water partition coefficient (Wildman–Crippen LogP) is 5.84. The number of hydrogen-bond acceptors (Lipinski definition) is 3. The van der Waals surface area contributed by atoms with E-state index in [-0.39, 0.29) is 21.8 Å². The lowest BCUT2D eigenvalue weighted by Gasteiger charge is -2.16. The van der Waals surface area contributed by atoms with Crippen LogP contribution in [0.5, 0.6) is 0 Å². The van der Waals surface area contributed by atoms with Crippen LogP contribution in [-0.2, 0) is 0 Å². The molecule has 0 aliphatic rings. The van der Waals surface area contributed by atoms with E-state index in [4.69, 9.17) is 23.2 Å². The molecule has 0 radical (unpaired) electrons. The third-order valence-corrected chi connectivity index (χ3v) is 4.17. The van der Waals surface area contributed by atoms with Gasteiger partial charge in [0.1, 0.15) is 5.69 Å². The molecule has 2 rings (SSSR count). The van der Waals surface area contributed by atoms with Crippen LogP contribution >= 0.6 is 39.1 Å². The Morgan fingerprint density at radius 2 is 1.90 bits per heavy atom. The lowest BCUT2D eigenvalue weighted by atomic mass is 10.1. The highest BCUT2D eigenvalue weighted by Gasteiger charge is 2.19. The van der Waals surface area contributed by atoms with E-state index in [0.717, 1.165) is 10.0 Å². The van der Waals surface area contributed by atoms with E-state index in [2.05, 4.69) is 21.2 Å². The molecule has 7 heteroatoms. The number of hydrogen-bond donors (Lipinski definition) is 1. The molecule has 0 aromatic heterocycles. The lowest BCUT2D eigenvalue weighted by Crippen LogP contribution is -2.08. The van der Waals surface area contributed by atoms with Crippen molar-refractivity contribution in [3.63, 3.8) is 0 Å². The van der Waals surface area contributed by atoms with Gasteiger partial charge >= 0.3 is 0 Å². The van der Waals surface area contributed by atoms with Crippen molar-refractivity contribution in [3.8, 4) is 0 Å². The topological polar surface area (TPSA) is 55.2 Å². The molecule has 1 unspecified atom stereocenters. The largest absolute Gasteiger partial charge is 0.373 e. The number of nitro benzene ring substituents is 1. The molecule has 2 aromatic carbocycles. The van der Waals surface area contributed by atoms with Gasteiger partial charge < -0.3 is 5.32 Å². The molecule has 1 N–H and O–H groups in total. The zero-order chi connectivity index (χ0) is 15.6. The third kappa shape index (κ3) is 3.87. The van der Waals surface area contributed by atoms with Gasteiger partial charge in [0.05, 0.1) is 15.0 Å². The molecule has 0 aliphatic heterocycles. The number of benzene rings is 2. The summed E-state index contributed by atoms with van der Waals surface area (Å²) in [7, 11) is 0. The summed E-state index contributed by atoms with van der Waals surface area (Å²) in [6.07, 6.45) is 0. The fraction of sp³-hybridized carbons (Fsp3) is 0.143. The average Bonchev–Trinajstić information content (AvgIpc) is 2.42. The van der Waals surface area contributed by atoms with Crippen molar-refractivity contribution in [1.29, 1.82) is 0 Å². The van der Waals surface area contributed by atoms with Crippen molar-refractivity contribution < 1.29 is 4.92 Å². The Bertz CT molecular complexity index is 695. The fourth-order valence-corrected chi connectivity index (χ4v) is 2.63. The molecule has 0 heterocycles. The van der Waals surface area contributed by atoms with Gasteiger partial charge in [-0.1, -0.05) is 51.3 Å². The molecule has 4 nitrogen and oxygen atoms in total. The van der Waals surface area contributed by atoms with Crippen LogP contribution in [0, 0.1) is 10.1 Å². The van der Waals surface area contributed by atoms with Crippen molar-refractivity contribution in [1.82, 2.24) is 0 Å². The predicted molar refractivity (Wildman–Crippen MR) is 89.3 cm³/mol. The minimum atomic E-state index is -0.488. The number of nitrogens with one attached hydrogen (secondary N) is 1. The Kier molecular flexibility index (Phi) is 5.08. The van der Waals surface area contributed by atoms with Crippen molar-refractivity contribution in [2.45, 2.75) is 13.0 Å². The van der Waals surface area contributed by atoms with Gasteiger partial charge in [0.25, 0.3) is 5.69 Å². The SMILES string of the molecule is CC(Nc1cc(Cl)c(Cl)cc1[N+](=O)[O-])c1cccc(Br)c1. The van der Waals surface area contributed by atoms with E-state index in [1.807, 2.05) is 31.2 Å². The van der Waals surface area contributed by atoms with Crippen LogP contribution in [-0.4, -0.2) is 4.92 Å². The maximum absolute atomic E-state index is 11.1. The number of halogens is 3. The summed E-state index contributed by atoms with van der Waals surface area (Å²) in [5, 5.41) is 14.6. The highest BCUT2D eigenvalue weighted by Crippen LogP contribution is 2.35. The Labute approximate surface area is 140 Å². The molecular formula is C14H11BrCl2N2O2. The van der Waals surface area contributed by atoms with E-state index >= 15 is 0 Å². The van der Waals surface area contributed by atoms with E-state index in [9.17, 15) is 10.1 Å². The molecule has 21 heavy (non-hydrogen) atoms. The molecule has 0 fully saturated rings. The van der Waals surface area contributed by atoms with Crippen molar-refractivity contribution in [3.05, 3.63) is 66.6 Å². The molecular weight excluding hydrogens is 379 g/mol. The van der Waals surface area contributed by atoms with E-state index in [0.29, 0.717) is 5.69 Å². The maximum Gasteiger partial charge on any atom is 0.293 e.